The van der Waals surface area contributed by atoms with Gasteiger partial charge in [0.1, 0.15) is 5.82 Å². The van der Waals surface area contributed by atoms with E-state index in [1.165, 1.54) is 18.2 Å². The lowest BCUT2D eigenvalue weighted by molar-refractivity contribution is 0.0696. The van der Waals surface area contributed by atoms with Gasteiger partial charge < -0.3 is 15.3 Å². The molecule has 7 heteroatoms. The molecule has 0 bridgehead atoms. The number of carbonyl (C=O) groups excluding carboxylic acids is 1. The molecule has 6 nitrogen and oxygen atoms in total. The van der Waals surface area contributed by atoms with Crippen LogP contribution in [0.2, 0.25) is 0 Å². The first-order chi connectivity index (χ1) is 10.0. The summed E-state index contributed by atoms with van der Waals surface area (Å²) >= 11 is 0. The smallest absolute Gasteiger partial charge is 0.335 e. The number of hydrogen-bond donors (Lipinski definition) is 2. The molecule has 0 saturated carbocycles. The molecule has 2 N–H and O–H groups in total. The molecular formula is C14H16FN3O3. The van der Waals surface area contributed by atoms with Crippen molar-refractivity contribution in [3.63, 3.8) is 0 Å². The van der Waals surface area contributed by atoms with E-state index in [2.05, 4.69) is 5.32 Å². The third-order valence-corrected chi connectivity index (χ3v) is 4.00. The van der Waals surface area contributed by atoms with Gasteiger partial charge in [0.25, 0.3) is 0 Å². The summed E-state index contributed by atoms with van der Waals surface area (Å²) in [5.41, 5.74) is 0.461. The van der Waals surface area contributed by atoms with Crippen molar-refractivity contribution in [2.24, 2.45) is 0 Å². The first-order valence-corrected chi connectivity index (χ1v) is 6.83. The van der Waals surface area contributed by atoms with Gasteiger partial charge in [-0.3, -0.25) is 4.90 Å². The molecule has 2 aliphatic heterocycles. The second-order valence-corrected chi connectivity index (χ2v) is 5.38. The Morgan fingerprint density at radius 3 is 3.00 bits per heavy atom. The molecule has 2 aliphatic rings. The zero-order chi connectivity index (χ0) is 15.0. The number of piperazine rings is 1. The fourth-order valence-corrected chi connectivity index (χ4v) is 2.88. The summed E-state index contributed by atoms with van der Waals surface area (Å²) in [5, 5.41) is 11.8. The summed E-state index contributed by atoms with van der Waals surface area (Å²) in [6.45, 7) is 2.88. The Kier molecular flexibility index (Phi) is 3.50. The van der Waals surface area contributed by atoms with Crippen molar-refractivity contribution < 1.29 is 19.1 Å². The van der Waals surface area contributed by atoms with Crippen molar-refractivity contribution in [2.75, 3.05) is 26.2 Å². The number of carbonyl (C=O) groups is 2. The van der Waals surface area contributed by atoms with Gasteiger partial charge in [-0.15, -0.1) is 0 Å². The number of nitrogens with zero attached hydrogens (tertiary/aromatic N) is 2. The van der Waals surface area contributed by atoms with Gasteiger partial charge in [0.05, 0.1) is 11.6 Å². The first-order valence-electron chi connectivity index (χ1n) is 6.83. The van der Waals surface area contributed by atoms with E-state index >= 15 is 0 Å². The summed E-state index contributed by atoms with van der Waals surface area (Å²) in [4.78, 5) is 26.3. The largest absolute Gasteiger partial charge is 0.478 e. The number of carboxylic acid groups (broad SMARTS) is 1. The van der Waals surface area contributed by atoms with Crippen LogP contribution in [0.15, 0.2) is 18.2 Å². The Labute approximate surface area is 121 Å². The normalized spacial score (nSPS) is 22.0. The molecule has 1 atom stereocenters. The van der Waals surface area contributed by atoms with E-state index in [1.807, 2.05) is 4.90 Å². The molecule has 0 aliphatic carbocycles. The van der Waals surface area contributed by atoms with Crippen LogP contribution in [-0.4, -0.2) is 59.1 Å². The number of fused-ring (bicyclic) bond motifs is 1. The molecule has 2 amide bonds. The van der Waals surface area contributed by atoms with Crippen molar-refractivity contribution >= 4 is 12.0 Å². The van der Waals surface area contributed by atoms with Crippen LogP contribution in [0.5, 0.6) is 0 Å². The molecular weight excluding hydrogens is 277 g/mol. The minimum Gasteiger partial charge on any atom is -0.478 e. The Morgan fingerprint density at radius 2 is 2.24 bits per heavy atom. The number of amides is 2. The van der Waals surface area contributed by atoms with Crippen LogP contribution in [0.25, 0.3) is 0 Å². The topological polar surface area (TPSA) is 72.9 Å². The highest BCUT2D eigenvalue weighted by atomic mass is 19.1. The second kappa shape index (κ2) is 5.33. The molecule has 2 fully saturated rings. The second-order valence-electron chi connectivity index (χ2n) is 5.38. The standard InChI is InChI=1S/C14H16FN3O3/c15-12-2-1-9(13(19)20)5-10(12)7-17-3-4-18-11(8-17)6-16-14(18)21/h1-2,5,11H,3-4,6-8H2,(H,16,21)(H,19,20). The van der Waals surface area contributed by atoms with Crippen molar-refractivity contribution in [3.8, 4) is 0 Å². The lowest BCUT2D eigenvalue weighted by Crippen LogP contribution is -2.51. The maximum atomic E-state index is 13.8. The number of benzene rings is 1. The molecule has 3 rings (SSSR count). The summed E-state index contributed by atoms with van der Waals surface area (Å²) in [7, 11) is 0. The Morgan fingerprint density at radius 1 is 1.43 bits per heavy atom. The van der Waals surface area contributed by atoms with Crippen LogP contribution in [0.3, 0.4) is 0 Å². The predicted molar refractivity (Wildman–Crippen MR) is 72.5 cm³/mol. The lowest BCUT2D eigenvalue weighted by atomic mass is 10.1. The van der Waals surface area contributed by atoms with Crippen molar-refractivity contribution in [3.05, 3.63) is 35.1 Å². The molecule has 1 aromatic rings. The molecule has 1 aromatic carbocycles. The minimum absolute atomic E-state index is 0.0429. The van der Waals surface area contributed by atoms with Gasteiger partial charge in [-0.25, -0.2) is 14.0 Å². The van der Waals surface area contributed by atoms with Gasteiger partial charge in [-0.1, -0.05) is 0 Å². The van der Waals surface area contributed by atoms with Crippen LogP contribution >= 0.6 is 0 Å². The monoisotopic (exact) mass is 293 g/mol. The van der Waals surface area contributed by atoms with E-state index in [0.29, 0.717) is 38.3 Å². The van der Waals surface area contributed by atoms with E-state index in [9.17, 15) is 14.0 Å². The fraction of sp³-hybridized carbons (Fsp3) is 0.429. The zero-order valence-electron chi connectivity index (χ0n) is 11.4. The van der Waals surface area contributed by atoms with E-state index in [-0.39, 0.29) is 17.6 Å². The zero-order valence-corrected chi connectivity index (χ0v) is 11.4. The Balaban J connectivity index is 1.71. The van der Waals surface area contributed by atoms with E-state index < -0.39 is 11.8 Å². The minimum atomic E-state index is -1.06. The van der Waals surface area contributed by atoms with Gasteiger partial charge in [0, 0.05) is 38.3 Å². The number of aromatic carboxylic acids is 1. The molecule has 0 aromatic heterocycles. The first kappa shape index (κ1) is 13.8. The van der Waals surface area contributed by atoms with Gasteiger partial charge in [0.2, 0.25) is 0 Å². The quantitative estimate of drug-likeness (QED) is 0.862. The molecule has 2 saturated heterocycles. The number of hydrogen-bond acceptors (Lipinski definition) is 3. The molecule has 112 valence electrons. The summed E-state index contributed by atoms with van der Waals surface area (Å²) in [5.74, 6) is -1.46. The number of urea groups is 1. The van der Waals surface area contributed by atoms with Crippen molar-refractivity contribution in [1.82, 2.24) is 15.1 Å². The van der Waals surface area contributed by atoms with Crippen molar-refractivity contribution in [1.29, 1.82) is 0 Å². The van der Waals surface area contributed by atoms with Gasteiger partial charge in [-0.05, 0) is 18.2 Å². The molecule has 2 heterocycles. The Hall–Kier alpha value is -2.15. The number of nitrogens with one attached hydrogen (secondary N) is 1. The van der Waals surface area contributed by atoms with Crippen LogP contribution in [0, 0.1) is 5.82 Å². The maximum absolute atomic E-state index is 13.8. The number of halogens is 1. The molecule has 1 unspecified atom stereocenters. The van der Waals surface area contributed by atoms with Crippen LogP contribution in [0.4, 0.5) is 9.18 Å². The summed E-state index contributed by atoms with van der Waals surface area (Å²) in [6, 6.07) is 3.90. The van der Waals surface area contributed by atoms with Gasteiger partial charge in [-0.2, -0.15) is 0 Å². The molecule has 21 heavy (non-hydrogen) atoms. The third kappa shape index (κ3) is 2.69. The highest BCUT2D eigenvalue weighted by Crippen LogP contribution is 2.18. The summed E-state index contributed by atoms with van der Waals surface area (Å²) < 4.78 is 13.8. The van der Waals surface area contributed by atoms with E-state index in [0.717, 1.165) is 0 Å². The fourth-order valence-electron chi connectivity index (χ4n) is 2.88. The molecule has 0 spiro atoms. The van der Waals surface area contributed by atoms with Gasteiger partial charge >= 0.3 is 12.0 Å². The van der Waals surface area contributed by atoms with Crippen molar-refractivity contribution in [2.45, 2.75) is 12.6 Å². The predicted octanol–water partition coefficient (Wildman–Crippen LogP) is 0.733. The Bertz CT molecular complexity index is 593. The maximum Gasteiger partial charge on any atom is 0.335 e. The summed E-state index contributed by atoms with van der Waals surface area (Å²) in [6.07, 6.45) is 0. The SMILES string of the molecule is O=C(O)c1ccc(F)c(CN2CCN3C(=O)NCC3C2)c1. The highest BCUT2D eigenvalue weighted by molar-refractivity contribution is 5.87. The van der Waals surface area contributed by atoms with Crippen LogP contribution in [-0.2, 0) is 6.54 Å². The number of rotatable bonds is 3. The average Bonchev–Trinajstić information content (AvgIpc) is 2.82. The molecule has 0 radical (unpaired) electrons. The van der Waals surface area contributed by atoms with E-state index in [4.69, 9.17) is 5.11 Å². The highest BCUT2D eigenvalue weighted by Gasteiger charge is 2.35. The number of carboxylic acids is 1. The third-order valence-electron chi connectivity index (χ3n) is 4.00. The average molecular weight is 293 g/mol. The van der Waals surface area contributed by atoms with E-state index in [1.54, 1.807) is 4.90 Å². The lowest BCUT2D eigenvalue weighted by Gasteiger charge is -2.36. The van der Waals surface area contributed by atoms with Crippen LogP contribution < -0.4 is 5.32 Å². The van der Waals surface area contributed by atoms with Crippen LogP contribution in [0.1, 0.15) is 15.9 Å². The van der Waals surface area contributed by atoms with Gasteiger partial charge in [0.15, 0.2) is 0 Å².